The molecule has 2 amide bonds. The van der Waals surface area contributed by atoms with Crippen LogP contribution in [0.25, 0.3) is 0 Å². The Morgan fingerprint density at radius 2 is 2.12 bits per heavy atom. The van der Waals surface area contributed by atoms with Gasteiger partial charge in [0.15, 0.2) is 5.17 Å². The minimum Gasteiger partial charge on any atom is -0.460 e. The molecule has 1 atom stereocenters. The standard InChI is InChI=1S/C17H16N4O3S/c1-11-7-8-13(24-11)10-18-21-17-20-16(23)14(25-17)9-15(22)19-12-5-3-2-4-6-12/h2-8,10,14H,9H2,1H3,(H,19,22)(H,20,21,23)/b18-10-/t14-/m1/s1. The fourth-order valence-corrected chi connectivity index (χ4v) is 3.07. The summed E-state index contributed by atoms with van der Waals surface area (Å²) in [5, 5.41) is 13.0. The highest BCUT2D eigenvalue weighted by molar-refractivity contribution is 8.15. The Morgan fingerprint density at radius 1 is 1.32 bits per heavy atom. The lowest BCUT2D eigenvalue weighted by Crippen LogP contribution is -2.28. The minimum atomic E-state index is -0.525. The number of nitrogens with zero attached hydrogens (tertiary/aromatic N) is 2. The first-order valence-electron chi connectivity index (χ1n) is 7.60. The molecule has 2 N–H and O–H groups in total. The summed E-state index contributed by atoms with van der Waals surface area (Å²) < 4.78 is 5.33. The fourth-order valence-electron chi connectivity index (χ4n) is 2.15. The lowest BCUT2D eigenvalue weighted by atomic mass is 10.2. The quantitative estimate of drug-likeness (QED) is 0.636. The number of carbonyl (C=O) groups excluding carboxylic acids is 2. The molecular formula is C17H16N4O3S. The van der Waals surface area contributed by atoms with Gasteiger partial charge in [-0.2, -0.15) is 5.10 Å². The van der Waals surface area contributed by atoms with Crippen molar-refractivity contribution in [2.24, 2.45) is 10.2 Å². The number of aryl methyl sites for hydroxylation is 1. The third-order valence-corrected chi connectivity index (χ3v) is 4.37. The largest absolute Gasteiger partial charge is 0.460 e. The van der Waals surface area contributed by atoms with Gasteiger partial charge in [0.25, 0.3) is 0 Å². The molecule has 128 valence electrons. The summed E-state index contributed by atoms with van der Waals surface area (Å²) in [6.45, 7) is 1.83. The highest BCUT2D eigenvalue weighted by Crippen LogP contribution is 2.23. The van der Waals surface area contributed by atoms with Crippen LogP contribution in [0.2, 0.25) is 0 Å². The number of carbonyl (C=O) groups is 2. The highest BCUT2D eigenvalue weighted by atomic mass is 32.2. The normalized spacial score (nSPS) is 18.7. The van der Waals surface area contributed by atoms with Gasteiger partial charge in [0, 0.05) is 12.1 Å². The summed E-state index contributed by atoms with van der Waals surface area (Å²) in [4.78, 5) is 24.0. The van der Waals surface area contributed by atoms with Crippen molar-refractivity contribution in [1.29, 1.82) is 0 Å². The van der Waals surface area contributed by atoms with Gasteiger partial charge in [0.2, 0.25) is 11.8 Å². The van der Waals surface area contributed by atoms with Gasteiger partial charge in [0.1, 0.15) is 16.8 Å². The van der Waals surface area contributed by atoms with Crippen LogP contribution in [0, 0.1) is 6.92 Å². The van der Waals surface area contributed by atoms with E-state index in [0.29, 0.717) is 16.6 Å². The molecule has 0 radical (unpaired) electrons. The molecular weight excluding hydrogens is 340 g/mol. The molecule has 2 aromatic rings. The van der Waals surface area contributed by atoms with E-state index in [1.165, 1.54) is 18.0 Å². The van der Waals surface area contributed by atoms with Gasteiger partial charge in [-0.15, -0.1) is 5.10 Å². The number of thioether (sulfide) groups is 1. The molecule has 3 rings (SSSR count). The van der Waals surface area contributed by atoms with Crippen molar-refractivity contribution >= 4 is 40.6 Å². The van der Waals surface area contributed by atoms with Gasteiger partial charge in [-0.3, -0.25) is 9.59 Å². The van der Waals surface area contributed by atoms with E-state index in [1.807, 2.05) is 31.2 Å². The first-order valence-corrected chi connectivity index (χ1v) is 8.48. The van der Waals surface area contributed by atoms with Crippen molar-refractivity contribution in [3.05, 3.63) is 54.0 Å². The summed E-state index contributed by atoms with van der Waals surface area (Å²) in [7, 11) is 0. The second kappa shape index (κ2) is 7.80. The molecule has 2 heterocycles. The van der Waals surface area contributed by atoms with Crippen LogP contribution < -0.4 is 10.6 Å². The van der Waals surface area contributed by atoms with E-state index < -0.39 is 5.25 Å². The van der Waals surface area contributed by atoms with Crippen molar-refractivity contribution in [2.45, 2.75) is 18.6 Å². The third kappa shape index (κ3) is 4.80. The van der Waals surface area contributed by atoms with Gasteiger partial charge in [-0.05, 0) is 31.2 Å². The molecule has 1 aromatic carbocycles. The van der Waals surface area contributed by atoms with Crippen molar-refractivity contribution in [3.63, 3.8) is 0 Å². The zero-order valence-electron chi connectivity index (χ0n) is 13.4. The van der Waals surface area contributed by atoms with Crippen LogP contribution in [-0.4, -0.2) is 28.4 Å². The number of anilines is 1. The van der Waals surface area contributed by atoms with Crippen LogP contribution in [0.3, 0.4) is 0 Å². The average Bonchev–Trinajstić information content (AvgIpc) is 3.14. The smallest absolute Gasteiger partial charge is 0.240 e. The van der Waals surface area contributed by atoms with E-state index in [9.17, 15) is 9.59 Å². The topological polar surface area (TPSA) is 96.1 Å². The van der Waals surface area contributed by atoms with Crippen molar-refractivity contribution in [3.8, 4) is 0 Å². The number of rotatable bonds is 5. The predicted octanol–water partition coefficient (Wildman–Crippen LogP) is 2.54. The van der Waals surface area contributed by atoms with Crippen LogP contribution in [0.15, 0.2) is 57.1 Å². The Balaban J connectivity index is 1.54. The Hall–Kier alpha value is -2.87. The Labute approximate surface area is 148 Å². The predicted molar refractivity (Wildman–Crippen MR) is 97.7 cm³/mol. The van der Waals surface area contributed by atoms with Crippen molar-refractivity contribution < 1.29 is 14.0 Å². The molecule has 0 bridgehead atoms. The number of benzene rings is 1. The second-order valence-electron chi connectivity index (χ2n) is 5.31. The van der Waals surface area contributed by atoms with Crippen LogP contribution >= 0.6 is 11.8 Å². The van der Waals surface area contributed by atoms with E-state index in [2.05, 4.69) is 20.8 Å². The van der Waals surface area contributed by atoms with Crippen LogP contribution in [0.5, 0.6) is 0 Å². The molecule has 8 heteroatoms. The van der Waals surface area contributed by atoms with Gasteiger partial charge in [0.05, 0.1) is 6.21 Å². The first kappa shape index (κ1) is 17.0. The third-order valence-electron chi connectivity index (χ3n) is 3.30. The number of furan rings is 1. The van der Waals surface area contributed by atoms with Crippen molar-refractivity contribution in [2.75, 3.05) is 5.32 Å². The molecule has 0 spiro atoms. The maximum Gasteiger partial charge on any atom is 0.240 e. The van der Waals surface area contributed by atoms with Gasteiger partial charge < -0.3 is 15.1 Å². The number of hydrogen-bond donors (Lipinski definition) is 2. The summed E-state index contributed by atoms with van der Waals surface area (Å²) in [5.41, 5.74) is 0.697. The SMILES string of the molecule is Cc1ccc(/C=N\N=C2/NC(=O)[C@@H](CC(=O)Nc3ccccc3)S2)o1. The fraction of sp³-hybridized carbons (Fsp3) is 0.176. The molecule has 1 aliphatic rings. The highest BCUT2D eigenvalue weighted by Gasteiger charge is 2.32. The molecule has 7 nitrogen and oxygen atoms in total. The van der Waals surface area contributed by atoms with Gasteiger partial charge in [-0.25, -0.2) is 0 Å². The number of amidine groups is 1. The van der Waals surface area contributed by atoms with Gasteiger partial charge >= 0.3 is 0 Å². The van der Waals surface area contributed by atoms with Crippen LogP contribution in [0.4, 0.5) is 5.69 Å². The zero-order valence-corrected chi connectivity index (χ0v) is 14.2. The van der Waals surface area contributed by atoms with E-state index in [4.69, 9.17) is 4.42 Å². The second-order valence-corrected chi connectivity index (χ2v) is 6.50. The summed E-state index contributed by atoms with van der Waals surface area (Å²) in [6.07, 6.45) is 1.52. The molecule has 1 aromatic heterocycles. The Kier molecular flexibility index (Phi) is 5.30. The molecule has 0 saturated carbocycles. The number of nitrogens with one attached hydrogen (secondary N) is 2. The van der Waals surface area contributed by atoms with Crippen LogP contribution in [-0.2, 0) is 9.59 Å². The number of hydrogen-bond acceptors (Lipinski definition) is 6. The van der Waals surface area contributed by atoms with E-state index in [1.54, 1.807) is 18.2 Å². The molecule has 25 heavy (non-hydrogen) atoms. The summed E-state index contributed by atoms with van der Waals surface area (Å²) in [6, 6.07) is 12.7. The molecule has 0 aliphatic carbocycles. The Bertz CT molecular complexity index is 829. The average molecular weight is 356 g/mol. The van der Waals surface area contributed by atoms with E-state index in [0.717, 1.165) is 5.76 Å². The first-order chi connectivity index (χ1) is 12.1. The zero-order chi connectivity index (χ0) is 17.6. The van der Waals surface area contributed by atoms with Gasteiger partial charge in [-0.1, -0.05) is 30.0 Å². The Morgan fingerprint density at radius 3 is 2.84 bits per heavy atom. The minimum absolute atomic E-state index is 0.0610. The lowest BCUT2D eigenvalue weighted by molar-refractivity contribution is -0.122. The molecule has 0 unspecified atom stereocenters. The van der Waals surface area contributed by atoms with Crippen LogP contribution in [0.1, 0.15) is 17.9 Å². The maximum absolute atomic E-state index is 12.0. The summed E-state index contributed by atoms with van der Waals surface area (Å²) in [5.74, 6) is 0.878. The maximum atomic E-state index is 12.0. The molecule has 1 fully saturated rings. The number of amides is 2. The number of para-hydroxylation sites is 1. The monoisotopic (exact) mass is 356 g/mol. The van der Waals surface area contributed by atoms with E-state index >= 15 is 0 Å². The van der Waals surface area contributed by atoms with E-state index in [-0.39, 0.29) is 18.2 Å². The summed E-state index contributed by atoms with van der Waals surface area (Å²) >= 11 is 1.18. The molecule has 1 saturated heterocycles. The molecule has 1 aliphatic heterocycles. The lowest BCUT2D eigenvalue weighted by Gasteiger charge is -2.06. The van der Waals surface area contributed by atoms with Crippen molar-refractivity contribution in [1.82, 2.24) is 5.32 Å².